The molecule has 11 nitrogen and oxygen atoms in total. The zero-order valence-electron chi connectivity index (χ0n) is 6.66. The fraction of sp³-hybridized carbons (Fsp3) is 1.00. The Balaban J connectivity index is 6.16. The van der Waals surface area contributed by atoms with E-state index in [4.69, 9.17) is 29.4 Å². The van der Waals surface area contributed by atoms with Crippen LogP contribution in [0.4, 0.5) is 0 Å². The maximum absolute atomic E-state index is 10.6. The van der Waals surface area contributed by atoms with Crippen LogP contribution in [0.1, 0.15) is 0 Å². The van der Waals surface area contributed by atoms with Crippen LogP contribution < -0.4 is 5.48 Å². The summed E-state index contributed by atoms with van der Waals surface area (Å²) in [5.74, 6) is 0. The summed E-state index contributed by atoms with van der Waals surface area (Å²) >= 11 is 0. The Morgan fingerprint density at radius 2 is 1.00 bits per heavy atom. The fourth-order valence-electron chi connectivity index (χ4n) is 0.687. The number of hydrogen-bond acceptors (Lipinski definition) is 5. The number of rotatable bonds is 4. The molecule has 7 N–H and O–H groups in total. The van der Waals surface area contributed by atoms with Crippen LogP contribution in [-0.2, 0) is 13.7 Å². The molecule has 0 aliphatic heterocycles. The van der Waals surface area contributed by atoms with Gasteiger partial charge in [-0.1, -0.05) is 0 Å². The van der Waals surface area contributed by atoms with Gasteiger partial charge in [-0.25, -0.2) is 0 Å². The van der Waals surface area contributed by atoms with Crippen molar-refractivity contribution in [3.8, 4) is 0 Å². The molecule has 0 saturated heterocycles. The molecular formula is CH7NO10P3-. The molecule has 0 aromatic carbocycles. The highest BCUT2D eigenvalue weighted by atomic mass is 31.3. The van der Waals surface area contributed by atoms with E-state index >= 15 is 0 Å². The lowest BCUT2D eigenvalue weighted by atomic mass is 11.4. The Hall–Kier alpha value is 0.370. The molecule has 0 fully saturated rings. The largest absolute Gasteiger partial charge is 0.786 e. The average Bonchev–Trinajstić information content (AvgIpc) is 1.76. The molecule has 15 heavy (non-hydrogen) atoms. The summed E-state index contributed by atoms with van der Waals surface area (Å²) in [6.07, 6.45) is 0. The molecule has 0 radical (unpaired) electrons. The minimum Gasteiger partial charge on any atom is -0.786 e. The summed E-state index contributed by atoms with van der Waals surface area (Å²) in [5.41, 5.74) is 0.0961. The fourth-order valence-corrected chi connectivity index (χ4v) is 5.12. The Bertz CT molecular complexity index is 313. The standard InChI is InChI=1S/CH7NO10P3/c3-2-1(13(4,5)6,14(7,8)9)15(10,11)12/h2H,(H2,4,5,6)(H2,7,8,9)(H2,10,11,12)/q-1. The third-order valence-corrected chi connectivity index (χ3v) is 8.76. The predicted octanol–water partition coefficient (Wildman–Crippen LogP) is -1.78. The Morgan fingerprint density at radius 3 is 1.00 bits per heavy atom. The van der Waals surface area contributed by atoms with E-state index in [1.165, 1.54) is 0 Å². The lowest BCUT2D eigenvalue weighted by Crippen LogP contribution is -2.41. The molecule has 0 aliphatic rings. The predicted molar refractivity (Wildman–Crippen MR) is 45.4 cm³/mol. The second kappa shape index (κ2) is 3.99. The third-order valence-electron chi connectivity index (χ3n) is 1.36. The van der Waals surface area contributed by atoms with Crippen molar-refractivity contribution >= 4 is 22.8 Å². The molecule has 0 heterocycles. The number of hydroxylamine groups is 1. The third kappa shape index (κ3) is 2.38. The van der Waals surface area contributed by atoms with E-state index in [2.05, 4.69) is 0 Å². The summed E-state index contributed by atoms with van der Waals surface area (Å²) < 4.78 is 27.4. The van der Waals surface area contributed by atoms with Gasteiger partial charge in [-0.3, -0.25) is 13.7 Å². The lowest BCUT2D eigenvalue weighted by Gasteiger charge is -2.37. The highest BCUT2D eigenvalue weighted by molar-refractivity contribution is 7.88. The average molecular weight is 286 g/mol. The molecule has 92 valence electrons. The normalized spacial score (nSPS) is 15.4. The smallest absolute Gasteiger partial charge is 0.369 e. The molecule has 0 aromatic heterocycles. The minimum absolute atomic E-state index is 0.0961. The van der Waals surface area contributed by atoms with Gasteiger partial charge < -0.3 is 40.0 Å². The summed E-state index contributed by atoms with van der Waals surface area (Å²) in [5, 5.41) is 10.2. The van der Waals surface area contributed by atoms with Crippen LogP contribution in [0.5, 0.6) is 0 Å². The van der Waals surface area contributed by atoms with Gasteiger partial charge in [-0.2, -0.15) is 0 Å². The first-order valence-corrected chi connectivity index (χ1v) is 7.71. The van der Waals surface area contributed by atoms with E-state index in [0.29, 0.717) is 0 Å². The van der Waals surface area contributed by atoms with Gasteiger partial charge in [0.2, 0.25) is 0 Å². The first-order chi connectivity index (χ1) is 6.31. The van der Waals surface area contributed by atoms with Crippen molar-refractivity contribution in [1.29, 1.82) is 0 Å². The van der Waals surface area contributed by atoms with Crippen LogP contribution in [-0.4, -0.2) is 34.1 Å². The molecule has 0 unspecified atom stereocenters. The highest BCUT2D eigenvalue weighted by Crippen LogP contribution is 2.80. The zero-order valence-corrected chi connectivity index (χ0v) is 9.34. The minimum atomic E-state index is -6.10. The van der Waals surface area contributed by atoms with E-state index in [9.17, 15) is 18.9 Å². The first kappa shape index (κ1) is 15.4. The van der Waals surface area contributed by atoms with Crippen LogP contribution >= 0.6 is 22.8 Å². The van der Waals surface area contributed by atoms with E-state index in [1.54, 1.807) is 0 Å². The van der Waals surface area contributed by atoms with Gasteiger partial charge in [0.05, 0.1) is 0 Å². The van der Waals surface area contributed by atoms with Crippen LogP contribution in [0.15, 0.2) is 0 Å². The lowest BCUT2D eigenvalue weighted by molar-refractivity contribution is 0.292. The monoisotopic (exact) mass is 286 g/mol. The van der Waals surface area contributed by atoms with Crippen molar-refractivity contribution in [2.45, 2.75) is 4.76 Å². The van der Waals surface area contributed by atoms with Crippen molar-refractivity contribution in [3.05, 3.63) is 5.21 Å². The molecule has 0 saturated carbocycles. The molecular weight excluding hydrogens is 279 g/mol. The number of hydrogen-bond donors (Lipinski definition) is 7. The van der Waals surface area contributed by atoms with E-state index in [1.807, 2.05) is 0 Å². The molecule has 0 rings (SSSR count). The van der Waals surface area contributed by atoms with E-state index < -0.39 is 27.5 Å². The molecule has 0 bridgehead atoms. The molecule has 0 aliphatic carbocycles. The van der Waals surface area contributed by atoms with Crippen LogP contribution in [0.2, 0.25) is 0 Å². The SMILES string of the molecule is O=P(O)(O)C(N[O-])(P(=O)(O)O)P(=O)(O)O. The molecule has 0 spiro atoms. The van der Waals surface area contributed by atoms with Crippen LogP contribution in [0.25, 0.3) is 0 Å². The van der Waals surface area contributed by atoms with Crippen LogP contribution in [0, 0.1) is 5.21 Å². The highest BCUT2D eigenvalue weighted by Gasteiger charge is 2.70. The maximum atomic E-state index is 10.6. The summed E-state index contributed by atoms with van der Waals surface area (Å²) in [6, 6.07) is 0. The second-order valence-corrected chi connectivity index (χ2v) is 8.70. The van der Waals surface area contributed by atoms with Crippen molar-refractivity contribution in [3.63, 3.8) is 0 Å². The molecule has 0 amide bonds. The van der Waals surface area contributed by atoms with Gasteiger partial charge in [0, 0.05) is 0 Å². The Labute approximate surface area is 82.2 Å². The second-order valence-electron chi connectivity index (χ2n) is 2.37. The van der Waals surface area contributed by atoms with Gasteiger partial charge in [0.25, 0.3) is 0 Å². The van der Waals surface area contributed by atoms with Crippen molar-refractivity contribution in [2.75, 3.05) is 0 Å². The quantitative estimate of drug-likeness (QED) is 0.227. The summed E-state index contributed by atoms with van der Waals surface area (Å²) in [7, 11) is -18.3. The van der Waals surface area contributed by atoms with Crippen LogP contribution in [0.3, 0.4) is 0 Å². The molecule has 0 atom stereocenters. The maximum Gasteiger partial charge on any atom is 0.369 e. The van der Waals surface area contributed by atoms with Gasteiger partial charge in [0.1, 0.15) is 0 Å². The van der Waals surface area contributed by atoms with Crippen molar-refractivity contribution < 1.29 is 43.1 Å². The van der Waals surface area contributed by atoms with E-state index in [0.717, 1.165) is 0 Å². The van der Waals surface area contributed by atoms with Crippen molar-refractivity contribution in [2.24, 2.45) is 0 Å². The van der Waals surface area contributed by atoms with Gasteiger partial charge in [0.15, 0.2) is 0 Å². The molecule has 0 aromatic rings. The Morgan fingerprint density at radius 1 is 0.800 bits per heavy atom. The first-order valence-electron chi connectivity index (χ1n) is 2.87. The summed E-state index contributed by atoms with van der Waals surface area (Å²) in [4.78, 5) is 50.8. The zero-order chi connectivity index (χ0) is 12.7. The van der Waals surface area contributed by atoms with Gasteiger partial charge in [-0.05, 0) is 0 Å². The van der Waals surface area contributed by atoms with Gasteiger partial charge in [-0.15, -0.1) is 0 Å². The van der Waals surface area contributed by atoms with Gasteiger partial charge >= 0.3 is 27.5 Å². The molecule has 14 heteroatoms. The topological polar surface area (TPSA) is 208 Å². The Kier molecular flexibility index (Phi) is 4.09. The van der Waals surface area contributed by atoms with E-state index in [-0.39, 0.29) is 5.48 Å². The summed E-state index contributed by atoms with van der Waals surface area (Å²) in [6.45, 7) is 0. The number of nitrogens with one attached hydrogen (secondary N) is 1. The van der Waals surface area contributed by atoms with Crippen molar-refractivity contribution in [1.82, 2.24) is 5.48 Å².